The maximum absolute atomic E-state index is 13.7. The van der Waals surface area contributed by atoms with Crippen molar-refractivity contribution in [3.05, 3.63) is 123 Å². The minimum Gasteiger partial charge on any atom is -0.395 e. The van der Waals surface area contributed by atoms with Crippen LogP contribution < -0.4 is 4.90 Å². The lowest BCUT2D eigenvalue weighted by Crippen LogP contribution is -2.44. The van der Waals surface area contributed by atoms with Crippen LogP contribution in [0.15, 0.2) is 97.2 Å². The molecule has 2 heterocycles. The fraction of sp³-hybridized carbons (Fsp3) is 0.258. The van der Waals surface area contributed by atoms with E-state index in [2.05, 4.69) is 32.9 Å². The van der Waals surface area contributed by atoms with Gasteiger partial charge in [-0.15, -0.1) is 5.10 Å². The van der Waals surface area contributed by atoms with Gasteiger partial charge in [0.15, 0.2) is 5.60 Å². The number of hydrogen-bond acceptors (Lipinski definition) is 5. The van der Waals surface area contributed by atoms with Gasteiger partial charge in [0.1, 0.15) is 0 Å². The molecule has 200 valence electrons. The van der Waals surface area contributed by atoms with Crippen LogP contribution in [0.4, 0.5) is 5.69 Å². The number of amides is 1. The van der Waals surface area contributed by atoms with Crippen LogP contribution in [0.1, 0.15) is 41.6 Å². The van der Waals surface area contributed by atoms with Gasteiger partial charge in [-0.05, 0) is 58.3 Å². The third-order valence-electron chi connectivity index (χ3n) is 7.32. The van der Waals surface area contributed by atoms with Crippen LogP contribution in [0.2, 0.25) is 0 Å². The molecular weight excluding hydrogens is 603 g/mol. The Kier molecular flexibility index (Phi) is 8.25. The van der Waals surface area contributed by atoms with Crippen molar-refractivity contribution in [1.29, 1.82) is 0 Å². The minimum atomic E-state index is -1.65. The molecule has 1 aliphatic rings. The molecule has 0 spiro atoms. The van der Waals surface area contributed by atoms with Gasteiger partial charge in [-0.1, -0.05) is 85.0 Å². The predicted octanol–water partition coefficient (Wildman–Crippen LogP) is 5.02. The van der Waals surface area contributed by atoms with Gasteiger partial charge in [0, 0.05) is 27.8 Å². The number of aliphatic hydroxyl groups is 2. The number of nitrogens with zero attached hydrogens (tertiary/aromatic N) is 4. The third-order valence-corrected chi connectivity index (χ3v) is 7.99. The van der Waals surface area contributed by atoms with Gasteiger partial charge in [0.05, 0.1) is 30.5 Å². The van der Waals surface area contributed by atoms with Crippen molar-refractivity contribution in [3.63, 3.8) is 0 Å². The average Bonchev–Trinajstić information content (AvgIpc) is 3.50. The molecule has 1 amide bonds. The minimum absolute atomic E-state index is 0.0472. The zero-order valence-corrected chi connectivity index (χ0v) is 23.8. The zero-order valence-electron chi connectivity index (χ0n) is 21.7. The molecule has 5 rings (SSSR count). The summed E-state index contributed by atoms with van der Waals surface area (Å²) in [5, 5.41) is 30.3. The van der Waals surface area contributed by atoms with E-state index in [1.165, 1.54) is 0 Å². The highest BCUT2D eigenvalue weighted by Crippen LogP contribution is 2.46. The molecule has 2 N–H and O–H groups in total. The lowest BCUT2D eigenvalue weighted by molar-refractivity contribution is -0.139. The van der Waals surface area contributed by atoms with Crippen LogP contribution in [0.5, 0.6) is 0 Å². The molecule has 0 fully saturated rings. The molecule has 8 heteroatoms. The van der Waals surface area contributed by atoms with Gasteiger partial charge in [-0.3, -0.25) is 9.48 Å². The van der Waals surface area contributed by atoms with Gasteiger partial charge in [0.2, 0.25) is 0 Å². The van der Waals surface area contributed by atoms with Crippen LogP contribution in [0.3, 0.4) is 0 Å². The number of allylic oxidation sites excluding steroid dienone is 1. The molecule has 0 bridgehead atoms. The fourth-order valence-corrected chi connectivity index (χ4v) is 5.62. The Balaban J connectivity index is 1.28. The van der Waals surface area contributed by atoms with Crippen LogP contribution in [-0.4, -0.2) is 37.7 Å². The Morgan fingerprint density at radius 1 is 1.05 bits per heavy atom. The molecule has 1 aromatic heterocycles. The molecule has 1 aliphatic heterocycles. The number of carbonyl (C=O) groups excluding carboxylic acids is 1. The van der Waals surface area contributed by atoms with Crippen LogP contribution >= 0.6 is 22.6 Å². The number of halogens is 1. The topological polar surface area (TPSA) is 91.5 Å². The molecule has 3 aromatic carbocycles. The largest absolute Gasteiger partial charge is 0.395 e. The number of fused-ring (bicyclic) bond motifs is 1. The first kappa shape index (κ1) is 27.2. The number of rotatable bonds is 10. The van der Waals surface area contributed by atoms with E-state index in [0.29, 0.717) is 25.1 Å². The van der Waals surface area contributed by atoms with Crippen molar-refractivity contribution >= 4 is 34.2 Å². The quantitative estimate of drug-likeness (QED) is 0.189. The summed E-state index contributed by atoms with van der Waals surface area (Å²) in [6.45, 7) is 2.82. The second-order valence-corrected chi connectivity index (χ2v) is 11.1. The van der Waals surface area contributed by atoms with E-state index < -0.39 is 11.5 Å². The summed E-state index contributed by atoms with van der Waals surface area (Å²) in [6.07, 6.45) is 6.40. The summed E-state index contributed by atoms with van der Waals surface area (Å²) in [4.78, 5) is 15.4. The summed E-state index contributed by atoms with van der Waals surface area (Å²) < 4.78 is 2.72. The number of anilines is 1. The zero-order chi connectivity index (χ0) is 27.4. The molecule has 4 aromatic rings. The maximum atomic E-state index is 13.7. The van der Waals surface area contributed by atoms with E-state index in [0.717, 1.165) is 26.1 Å². The number of aromatic nitrogens is 3. The Hall–Kier alpha value is -3.34. The van der Waals surface area contributed by atoms with Crippen molar-refractivity contribution in [3.8, 4) is 0 Å². The predicted molar refractivity (Wildman–Crippen MR) is 159 cm³/mol. The number of carbonyl (C=O) groups is 1. The highest BCUT2D eigenvalue weighted by atomic mass is 127. The number of hydrogen-bond donors (Lipinski definition) is 2. The van der Waals surface area contributed by atoms with Gasteiger partial charge < -0.3 is 15.1 Å². The lowest BCUT2D eigenvalue weighted by Gasteiger charge is -2.27. The van der Waals surface area contributed by atoms with Crippen LogP contribution in [0.25, 0.3) is 0 Å². The summed E-state index contributed by atoms with van der Waals surface area (Å²) >= 11 is 2.21. The molecule has 1 unspecified atom stereocenters. The molecule has 0 saturated heterocycles. The first-order chi connectivity index (χ1) is 18.9. The lowest BCUT2D eigenvalue weighted by atomic mass is 9.83. The number of benzene rings is 3. The van der Waals surface area contributed by atoms with E-state index in [4.69, 9.17) is 0 Å². The van der Waals surface area contributed by atoms with Crippen molar-refractivity contribution in [2.75, 3.05) is 11.5 Å². The average molecular weight is 635 g/mol. The Morgan fingerprint density at radius 2 is 1.77 bits per heavy atom. The van der Waals surface area contributed by atoms with Crippen LogP contribution in [0, 0.1) is 9.49 Å². The van der Waals surface area contributed by atoms with Gasteiger partial charge in [0.25, 0.3) is 5.91 Å². The second kappa shape index (κ2) is 11.8. The van der Waals surface area contributed by atoms with Gasteiger partial charge in [-0.25, -0.2) is 0 Å². The third kappa shape index (κ3) is 5.54. The summed E-state index contributed by atoms with van der Waals surface area (Å²) in [5.74, 6) is -0.969. The van der Waals surface area contributed by atoms with E-state index >= 15 is 0 Å². The summed E-state index contributed by atoms with van der Waals surface area (Å²) in [5.41, 5.74) is 2.46. The van der Waals surface area contributed by atoms with Crippen molar-refractivity contribution < 1.29 is 15.0 Å². The monoisotopic (exact) mass is 634 g/mol. The summed E-state index contributed by atoms with van der Waals surface area (Å²) in [7, 11) is 0. The Morgan fingerprint density at radius 3 is 2.49 bits per heavy atom. The molecule has 0 saturated carbocycles. The van der Waals surface area contributed by atoms with Crippen molar-refractivity contribution in [2.24, 2.45) is 5.92 Å². The molecule has 39 heavy (non-hydrogen) atoms. The SMILES string of the molecule is C[C@@H](/C=C/CCn1cc(C(CO)c2ccccc2)nn1)[C@]1(O)C(=O)N(Cc2ccccc2)c2ccc(I)cc21. The fourth-order valence-electron chi connectivity index (χ4n) is 5.13. The van der Waals surface area contributed by atoms with Gasteiger partial charge >= 0.3 is 0 Å². The standard InChI is InChI=1S/C31H31IN4O3/c1-22(10-8-9-17-35-20-28(33-34-35)26(21-37)24-13-6-3-7-14-24)31(39)27-18-25(32)15-16-29(27)36(30(31)38)19-23-11-4-2-5-12-23/h2-8,10-16,18,20,22,26,37,39H,9,17,19,21H2,1H3/b10-8+/t22-,26?,31+/m0/s1. The van der Waals surface area contributed by atoms with E-state index in [-0.39, 0.29) is 18.4 Å². The molecule has 7 nitrogen and oxygen atoms in total. The van der Waals surface area contributed by atoms with E-state index in [1.54, 1.807) is 9.58 Å². The maximum Gasteiger partial charge on any atom is 0.264 e. The highest BCUT2D eigenvalue weighted by molar-refractivity contribution is 14.1. The number of aryl methyl sites for hydroxylation is 1. The molecule has 3 atom stereocenters. The molecule has 0 aliphatic carbocycles. The first-order valence-corrected chi connectivity index (χ1v) is 14.1. The molecular formula is C31H31IN4O3. The van der Waals surface area contributed by atoms with Crippen LogP contribution in [-0.2, 0) is 23.5 Å². The highest BCUT2D eigenvalue weighted by Gasteiger charge is 2.52. The Labute approximate surface area is 241 Å². The molecule has 0 radical (unpaired) electrons. The normalized spacial score (nSPS) is 18.5. The van der Waals surface area contributed by atoms with E-state index in [9.17, 15) is 15.0 Å². The van der Waals surface area contributed by atoms with Crippen molar-refractivity contribution in [1.82, 2.24) is 15.0 Å². The smallest absolute Gasteiger partial charge is 0.264 e. The number of aliphatic hydroxyl groups excluding tert-OH is 1. The summed E-state index contributed by atoms with van der Waals surface area (Å²) in [6, 6.07) is 25.4. The first-order valence-electron chi connectivity index (χ1n) is 13.0. The van der Waals surface area contributed by atoms with Crippen molar-refractivity contribution in [2.45, 2.75) is 38.0 Å². The van der Waals surface area contributed by atoms with Gasteiger partial charge in [-0.2, -0.15) is 0 Å². The Bertz CT molecular complexity index is 1460. The van der Waals surface area contributed by atoms with E-state index in [1.807, 2.05) is 104 Å². The second-order valence-electron chi connectivity index (χ2n) is 9.86.